The Morgan fingerprint density at radius 3 is 2.25 bits per heavy atom. The highest BCUT2D eigenvalue weighted by Gasteiger charge is 2.60. The van der Waals surface area contributed by atoms with Gasteiger partial charge in [-0.2, -0.15) is 0 Å². The number of methoxy groups -OCH3 is 1. The smallest absolute Gasteiger partial charge is 0.313 e. The van der Waals surface area contributed by atoms with E-state index in [1.54, 1.807) is 26.8 Å². The number of hydrogen-bond acceptors (Lipinski definition) is 10. The number of ketones is 3. The van der Waals surface area contributed by atoms with Crippen molar-refractivity contribution in [1.82, 2.24) is 0 Å². The maximum atomic E-state index is 14.8. The predicted molar refractivity (Wildman–Crippen MR) is 200 cm³/mol. The van der Waals surface area contributed by atoms with Crippen LogP contribution >= 0.6 is 0 Å². The molecular weight excluding hydrogens is 676 g/mol. The number of Topliss-reactive ketones (excluding diaryl/α,β-unsaturated/α-hetero) is 2. The van der Waals surface area contributed by atoms with Crippen LogP contribution in [-0.4, -0.2) is 76.1 Å². The average Bonchev–Trinajstić information content (AvgIpc) is 3.06. The molecule has 294 valence electrons. The molecule has 0 aromatic rings. The van der Waals surface area contributed by atoms with Gasteiger partial charge in [0.2, 0.25) is 0 Å². The van der Waals surface area contributed by atoms with E-state index in [0.29, 0.717) is 49.7 Å². The maximum Gasteiger partial charge on any atom is 0.313 e. The van der Waals surface area contributed by atoms with Crippen molar-refractivity contribution in [2.45, 2.75) is 156 Å². The van der Waals surface area contributed by atoms with Crippen LogP contribution in [0.5, 0.6) is 0 Å². The van der Waals surface area contributed by atoms with Crippen molar-refractivity contribution in [3.63, 3.8) is 0 Å². The summed E-state index contributed by atoms with van der Waals surface area (Å²) in [5, 5.41) is 23.6. The van der Waals surface area contributed by atoms with E-state index >= 15 is 0 Å². The molecule has 2 N–H and O–H groups in total. The second kappa shape index (κ2) is 16.7. The zero-order valence-corrected chi connectivity index (χ0v) is 33.5. The summed E-state index contributed by atoms with van der Waals surface area (Å²) in [7, 11) is 1.26. The quantitative estimate of drug-likeness (QED) is 0.238. The van der Waals surface area contributed by atoms with Crippen LogP contribution in [0, 0.1) is 29.1 Å². The number of fused-ring (bicyclic) bond motifs is 5. The Morgan fingerprint density at radius 2 is 1.62 bits per heavy atom. The van der Waals surface area contributed by atoms with Crippen molar-refractivity contribution in [2.24, 2.45) is 29.1 Å². The molecule has 53 heavy (non-hydrogen) atoms. The number of rotatable bonds is 3. The molecule has 0 unspecified atom stereocenters. The maximum absolute atomic E-state index is 14.8. The third-order valence-corrected chi connectivity index (χ3v) is 12.6. The Hall–Kier alpha value is -3.21. The lowest BCUT2D eigenvalue weighted by atomic mass is 9.53. The summed E-state index contributed by atoms with van der Waals surface area (Å²) in [5.41, 5.74) is -0.945. The zero-order chi connectivity index (χ0) is 39.6. The number of allylic oxidation sites excluding steroid dienone is 7. The zero-order valence-electron chi connectivity index (χ0n) is 33.5. The van der Waals surface area contributed by atoms with E-state index in [4.69, 9.17) is 14.2 Å². The van der Waals surface area contributed by atoms with Gasteiger partial charge in [-0.1, -0.05) is 48.3 Å². The Labute approximate surface area is 315 Å². The highest BCUT2D eigenvalue weighted by molar-refractivity contribution is 6.02. The van der Waals surface area contributed by atoms with Crippen LogP contribution in [0.25, 0.3) is 0 Å². The molecule has 2 aliphatic heterocycles. The number of carbonyl (C=O) groups excluding carboxylic acids is 5. The van der Waals surface area contributed by atoms with Gasteiger partial charge in [0.25, 0.3) is 0 Å². The van der Waals surface area contributed by atoms with E-state index in [2.05, 4.69) is 0 Å². The van der Waals surface area contributed by atoms with Gasteiger partial charge >= 0.3 is 11.9 Å². The first-order valence-corrected chi connectivity index (χ1v) is 19.3. The van der Waals surface area contributed by atoms with Crippen LogP contribution in [0.1, 0.15) is 127 Å². The molecule has 0 radical (unpaired) electrons. The Morgan fingerprint density at radius 1 is 0.943 bits per heavy atom. The molecule has 10 heteroatoms. The van der Waals surface area contributed by atoms with Gasteiger partial charge in [0.15, 0.2) is 11.6 Å². The van der Waals surface area contributed by atoms with Gasteiger partial charge in [-0.3, -0.25) is 24.0 Å². The first-order chi connectivity index (χ1) is 24.6. The summed E-state index contributed by atoms with van der Waals surface area (Å²) in [6, 6.07) is 0. The first kappa shape index (κ1) is 42.5. The number of aliphatic hydroxyl groups is 2. The molecule has 2 heterocycles. The topological polar surface area (TPSA) is 154 Å². The summed E-state index contributed by atoms with van der Waals surface area (Å²) in [6.45, 7) is 15.7. The Bertz CT molecular complexity index is 1590. The van der Waals surface area contributed by atoms with Gasteiger partial charge in [-0.15, -0.1) is 0 Å². The van der Waals surface area contributed by atoms with E-state index in [1.807, 2.05) is 46.8 Å². The molecule has 10 nitrogen and oxygen atoms in total. The third-order valence-electron chi connectivity index (χ3n) is 12.6. The predicted octanol–water partition coefficient (Wildman–Crippen LogP) is 6.66. The summed E-state index contributed by atoms with van der Waals surface area (Å²) < 4.78 is 17.9. The number of hydrogen-bond donors (Lipinski definition) is 2. The summed E-state index contributed by atoms with van der Waals surface area (Å²) >= 11 is 0. The third kappa shape index (κ3) is 9.03. The van der Waals surface area contributed by atoms with Gasteiger partial charge in [-0.25, -0.2) is 0 Å². The van der Waals surface area contributed by atoms with Crippen LogP contribution in [0.4, 0.5) is 0 Å². The highest BCUT2D eigenvalue weighted by atomic mass is 16.6. The normalized spacial score (nSPS) is 39.7. The lowest BCUT2D eigenvalue weighted by Crippen LogP contribution is -2.59. The molecule has 1 saturated heterocycles. The largest absolute Gasteiger partial charge is 0.469 e. The lowest BCUT2D eigenvalue weighted by Gasteiger charge is -2.50. The number of esters is 2. The van der Waals surface area contributed by atoms with Crippen LogP contribution in [0.3, 0.4) is 0 Å². The molecule has 4 rings (SSSR count). The van der Waals surface area contributed by atoms with Crippen molar-refractivity contribution in [1.29, 1.82) is 0 Å². The Balaban J connectivity index is 2.05. The second-order valence-electron chi connectivity index (χ2n) is 17.1. The molecule has 0 spiro atoms. The average molecular weight is 739 g/mol. The molecule has 2 bridgehead atoms. The van der Waals surface area contributed by atoms with E-state index in [-0.39, 0.29) is 49.0 Å². The molecule has 0 saturated carbocycles. The van der Waals surface area contributed by atoms with Crippen LogP contribution in [0.15, 0.2) is 46.1 Å². The molecular formula is C43H62O10. The van der Waals surface area contributed by atoms with E-state index < -0.39 is 64.6 Å². The fourth-order valence-corrected chi connectivity index (χ4v) is 9.14. The van der Waals surface area contributed by atoms with Crippen LogP contribution in [0.2, 0.25) is 0 Å². The van der Waals surface area contributed by atoms with Crippen molar-refractivity contribution in [3.05, 3.63) is 46.1 Å². The molecule has 9 atom stereocenters. The van der Waals surface area contributed by atoms with E-state index in [0.717, 1.165) is 16.7 Å². The van der Waals surface area contributed by atoms with Crippen LogP contribution < -0.4 is 0 Å². The standard InChI is InChI=1S/C43H62O10/c1-24(2)30-21-34(45)27(5)13-11-12-25(3)19-35(46)33-20-28(6)31-22-39(52-29(7)44)42(9,50)38-16-17-41(8,49)37(53-38)15-14-26(4)18-32(31)43(33,23-36(30)47)40(48)51-10/h13,18-19,24,30,32-33,37-39,49-50H,11-12,14-17,20-23H2,1-10H3/b25-19+,26-18+,27-13-/t30-,32-,33+,37-,38+,39-,41+,42+,43-/m0/s1. The number of carbonyl (C=O) groups is 5. The fourth-order valence-electron chi connectivity index (χ4n) is 9.14. The van der Waals surface area contributed by atoms with Crippen molar-refractivity contribution >= 4 is 29.3 Å². The monoisotopic (exact) mass is 738 g/mol. The minimum absolute atomic E-state index is 0.00736. The molecule has 4 aliphatic rings. The summed E-state index contributed by atoms with van der Waals surface area (Å²) in [5.74, 6) is -4.86. The molecule has 0 aromatic heterocycles. The highest BCUT2D eigenvalue weighted by Crippen LogP contribution is 2.56. The molecule has 0 aromatic carbocycles. The van der Waals surface area contributed by atoms with Gasteiger partial charge < -0.3 is 24.4 Å². The minimum Gasteiger partial charge on any atom is -0.469 e. The second-order valence-corrected chi connectivity index (χ2v) is 17.1. The van der Waals surface area contributed by atoms with Gasteiger partial charge in [0, 0.05) is 43.9 Å². The molecule has 0 amide bonds. The lowest BCUT2D eigenvalue weighted by molar-refractivity contribution is -0.239. The van der Waals surface area contributed by atoms with Crippen molar-refractivity contribution in [2.75, 3.05) is 7.11 Å². The van der Waals surface area contributed by atoms with Crippen molar-refractivity contribution in [3.8, 4) is 0 Å². The summed E-state index contributed by atoms with van der Waals surface area (Å²) in [6.07, 6.45) is 5.18. The fraction of sp³-hybridized carbons (Fsp3) is 0.698. The summed E-state index contributed by atoms with van der Waals surface area (Å²) in [4.78, 5) is 70.3. The van der Waals surface area contributed by atoms with Gasteiger partial charge in [-0.05, 0) is 104 Å². The first-order valence-electron chi connectivity index (χ1n) is 19.3. The minimum atomic E-state index is -1.73. The van der Waals surface area contributed by atoms with E-state index in [9.17, 15) is 34.2 Å². The molecule has 2 aliphatic carbocycles. The molecule has 1 fully saturated rings. The van der Waals surface area contributed by atoms with Crippen molar-refractivity contribution < 1.29 is 48.4 Å². The van der Waals surface area contributed by atoms with Gasteiger partial charge in [0.05, 0.1) is 30.3 Å². The SMILES string of the molecule is COC(=O)[C@]12CC(=O)[C@H](C(C)C)CC(=O)/C(C)=C\CC/C(C)=C/C(=O)[C@H]1CC(C)=C1C[C@H](OC(C)=O)[C@](C)(O)[C@H]3CC[C@@](C)(O)[C@H](CC/C(C)=C/[C@@H]12)O3. The Kier molecular flexibility index (Phi) is 13.4. The van der Waals surface area contributed by atoms with Crippen LogP contribution in [-0.2, 0) is 38.2 Å². The van der Waals surface area contributed by atoms with E-state index in [1.165, 1.54) is 14.0 Å². The number of ether oxygens (including phenoxy) is 3. The van der Waals surface area contributed by atoms with Gasteiger partial charge in [0.1, 0.15) is 17.5 Å².